The van der Waals surface area contributed by atoms with E-state index in [-0.39, 0.29) is 22.3 Å². The van der Waals surface area contributed by atoms with Gasteiger partial charge in [-0.15, -0.1) is 0 Å². The third-order valence-corrected chi connectivity index (χ3v) is 2.82. The first-order chi connectivity index (χ1) is 9.99. The number of hydrogen-bond donors (Lipinski definition) is 2. The van der Waals surface area contributed by atoms with E-state index in [1.54, 1.807) is 0 Å². The number of nitrogens with zero attached hydrogens (tertiary/aromatic N) is 1. The lowest BCUT2D eigenvalue weighted by molar-refractivity contribution is 0.579. The van der Waals surface area contributed by atoms with E-state index in [4.69, 9.17) is 11.6 Å². The second kappa shape index (κ2) is 6.67. The van der Waals surface area contributed by atoms with Gasteiger partial charge in [-0.25, -0.2) is 18.2 Å². The van der Waals surface area contributed by atoms with Crippen molar-refractivity contribution in [3.05, 3.63) is 46.7 Å². The van der Waals surface area contributed by atoms with Crippen LogP contribution in [0.5, 0.6) is 0 Å². The number of halogens is 4. The Balaban J connectivity index is 2.30. The minimum absolute atomic E-state index is 0.0664. The SMILES string of the molecule is CCCNc1nc(Nc2cc(F)cc(Cl)c2)c(F)cc1F. The topological polar surface area (TPSA) is 37.0 Å². The first-order valence-electron chi connectivity index (χ1n) is 6.32. The van der Waals surface area contributed by atoms with Crippen LogP contribution in [0.2, 0.25) is 5.02 Å². The molecule has 112 valence electrons. The fourth-order valence-electron chi connectivity index (χ4n) is 1.68. The van der Waals surface area contributed by atoms with Gasteiger partial charge in [0, 0.05) is 23.3 Å². The number of anilines is 3. The Labute approximate surface area is 125 Å². The maximum Gasteiger partial charge on any atom is 0.169 e. The minimum atomic E-state index is -0.880. The predicted molar refractivity (Wildman–Crippen MR) is 77.6 cm³/mol. The molecule has 3 nitrogen and oxygen atoms in total. The van der Waals surface area contributed by atoms with E-state index >= 15 is 0 Å². The molecule has 0 spiro atoms. The highest BCUT2D eigenvalue weighted by Crippen LogP contribution is 2.25. The summed E-state index contributed by atoms with van der Waals surface area (Å²) in [5, 5.41) is 5.48. The van der Waals surface area contributed by atoms with Crippen LogP contribution in [0.15, 0.2) is 24.3 Å². The van der Waals surface area contributed by atoms with Gasteiger partial charge in [0.05, 0.1) is 0 Å². The molecular weight excluding hydrogens is 303 g/mol. The lowest BCUT2D eigenvalue weighted by Crippen LogP contribution is -2.07. The average Bonchev–Trinajstić information content (AvgIpc) is 2.39. The number of benzene rings is 1. The molecule has 1 aromatic heterocycles. The van der Waals surface area contributed by atoms with Crippen molar-refractivity contribution in [1.29, 1.82) is 0 Å². The van der Waals surface area contributed by atoms with Crippen molar-refractivity contribution in [2.24, 2.45) is 0 Å². The molecule has 0 fully saturated rings. The highest BCUT2D eigenvalue weighted by Gasteiger charge is 2.12. The van der Waals surface area contributed by atoms with Crippen LogP contribution in [0.4, 0.5) is 30.5 Å². The zero-order valence-electron chi connectivity index (χ0n) is 11.2. The predicted octanol–water partition coefficient (Wildman–Crippen LogP) is 4.72. The Morgan fingerprint density at radius 1 is 1.05 bits per heavy atom. The lowest BCUT2D eigenvalue weighted by Gasteiger charge is -2.11. The molecule has 2 rings (SSSR count). The molecule has 7 heteroatoms. The Kier molecular flexibility index (Phi) is 4.90. The van der Waals surface area contributed by atoms with Crippen molar-refractivity contribution in [3.8, 4) is 0 Å². The normalized spacial score (nSPS) is 10.5. The molecule has 0 unspecified atom stereocenters. The van der Waals surface area contributed by atoms with Gasteiger partial charge in [0.2, 0.25) is 0 Å². The third-order valence-electron chi connectivity index (χ3n) is 2.60. The summed E-state index contributed by atoms with van der Waals surface area (Å²) in [6.07, 6.45) is 0.765. The Hall–Kier alpha value is -1.95. The maximum absolute atomic E-state index is 13.7. The van der Waals surface area contributed by atoms with Crippen LogP contribution < -0.4 is 10.6 Å². The molecule has 0 amide bonds. The second-order valence-corrected chi connectivity index (χ2v) is 4.80. The van der Waals surface area contributed by atoms with Gasteiger partial charge in [-0.2, -0.15) is 0 Å². The number of nitrogens with one attached hydrogen (secondary N) is 2. The van der Waals surface area contributed by atoms with Gasteiger partial charge in [-0.1, -0.05) is 18.5 Å². The van der Waals surface area contributed by atoms with Gasteiger partial charge in [-0.3, -0.25) is 0 Å². The summed E-state index contributed by atoms with van der Waals surface area (Å²) >= 11 is 5.71. The standard InChI is InChI=1S/C14H13ClF3N3/c1-2-3-19-13-11(17)7-12(18)14(21-13)20-10-5-8(15)4-9(16)6-10/h4-7H,2-3H2,1H3,(H2,19,20,21). The molecular formula is C14H13ClF3N3. The van der Waals surface area contributed by atoms with Crippen molar-refractivity contribution < 1.29 is 13.2 Å². The fraction of sp³-hybridized carbons (Fsp3) is 0.214. The first kappa shape index (κ1) is 15.4. The van der Waals surface area contributed by atoms with Gasteiger partial charge >= 0.3 is 0 Å². The smallest absolute Gasteiger partial charge is 0.169 e. The molecule has 0 radical (unpaired) electrons. The highest BCUT2D eigenvalue weighted by atomic mass is 35.5. The molecule has 1 heterocycles. The molecule has 0 saturated carbocycles. The molecule has 0 bridgehead atoms. The van der Waals surface area contributed by atoms with Gasteiger partial charge in [-0.05, 0) is 24.6 Å². The van der Waals surface area contributed by atoms with Crippen molar-refractivity contribution in [1.82, 2.24) is 4.98 Å². The summed E-state index contributed by atoms with van der Waals surface area (Å²) < 4.78 is 40.5. The van der Waals surface area contributed by atoms with Crippen LogP contribution in [-0.4, -0.2) is 11.5 Å². The summed E-state index contributed by atoms with van der Waals surface area (Å²) in [7, 11) is 0. The largest absolute Gasteiger partial charge is 0.368 e. The van der Waals surface area contributed by atoms with E-state index in [1.807, 2.05) is 6.92 Å². The number of aromatic nitrogens is 1. The summed E-state index contributed by atoms with van der Waals surface area (Å²) in [4.78, 5) is 3.83. The molecule has 0 saturated heterocycles. The quantitative estimate of drug-likeness (QED) is 0.838. The van der Waals surface area contributed by atoms with E-state index in [0.717, 1.165) is 18.6 Å². The van der Waals surface area contributed by atoms with E-state index < -0.39 is 17.5 Å². The molecule has 1 aromatic carbocycles. The van der Waals surface area contributed by atoms with Crippen LogP contribution in [-0.2, 0) is 0 Å². The van der Waals surface area contributed by atoms with Gasteiger partial charge in [0.1, 0.15) is 5.82 Å². The third kappa shape index (κ3) is 4.01. The van der Waals surface area contributed by atoms with E-state index in [2.05, 4.69) is 15.6 Å². The zero-order valence-corrected chi connectivity index (χ0v) is 11.9. The maximum atomic E-state index is 13.7. The summed E-state index contributed by atoms with van der Waals surface area (Å²) in [5.74, 6) is -2.52. The molecule has 2 aromatic rings. The van der Waals surface area contributed by atoms with E-state index in [9.17, 15) is 13.2 Å². The molecule has 2 N–H and O–H groups in total. The van der Waals surface area contributed by atoms with Gasteiger partial charge < -0.3 is 10.6 Å². The van der Waals surface area contributed by atoms with Crippen LogP contribution in [0.25, 0.3) is 0 Å². The Morgan fingerprint density at radius 2 is 1.76 bits per heavy atom. The van der Waals surface area contributed by atoms with Gasteiger partial charge in [0.25, 0.3) is 0 Å². The fourth-order valence-corrected chi connectivity index (χ4v) is 1.91. The lowest BCUT2D eigenvalue weighted by atomic mass is 10.3. The molecule has 0 atom stereocenters. The number of rotatable bonds is 5. The van der Waals surface area contributed by atoms with Crippen LogP contribution in [0.1, 0.15) is 13.3 Å². The Bertz CT molecular complexity index is 629. The van der Waals surface area contributed by atoms with Crippen LogP contribution in [0.3, 0.4) is 0 Å². The molecule has 0 aliphatic carbocycles. The molecule has 0 aliphatic rings. The minimum Gasteiger partial charge on any atom is -0.368 e. The summed E-state index contributed by atoms with van der Waals surface area (Å²) in [6, 6.07) is 4.38. The summed E-state index contributed by atoms with van der Waals surface area (Å²) in [6.45, 7) is 2.41. The molecule has 0 aliphatic heterocycles. The van der Waals surface area contributed by atoms with Crippen molar-refractivity contribution in [2.45, 2.75) is 13.3 Å². The highest BCUT2D eigenvalue weighted by molar-refractivity contribution is 6.30. The van der Waals surface area contributed by atoms with Crippen molar-refractivity contribution in [2.75, 3.05) is 17.2 Å². The van der Waals surface area contributed by atoms with E-state index in [1.165, 1.54) is 6.07 Å². The molecule has 21 heavy (non-hydrogen) atoms. The van der Waals surface area contributed by atoms with Crippen molar-refractivity contribution in [3.63, 3.8) is 0 Å². The van der Waals surface area contributed by atoms with E-state index in [0.29, 0.717) is 12.6 Å². The zero-order chi connectivity index (χ0) is 15.4. The summed E-state index contributed by atoms with van der Waals surface area (Å²) in [5.41, 5.74) is 0.222. The first-order valence-corrected chi connectivity index (χ1v) is 6.70. The van der Waals surface area contributed by atoms with Crippen molar-refractivity contribution >= 4 is 28.9 Å². The second-order valence-electron chi connectivity index (χ2n) is 4.36. The monoisotopic (exact) mass is 315 g/mol. The number of pyridine rings is 1. The average molecular weight is 316 g/mol. The van der Waals surface area contributed by atoms with Gasteiger partial charge in [0.15, 0.2) is 23.3 Å². The number of hydrogen-bond acceptors (Lipinski definition) is 3. The van der Waals surface area contributed by atoms with Crippen LogP contribution in [0, 0.1) is 17.5 Å². The Morgan fingerprint density at radius 3 is 2.43 bits per heavy atom. The van der Waals surface area contributed by atoms with Crippen LogP contribution >= 0.6 is 11.6 Å².